The molecule has 120 valence electrons. The summed E-state index contributed by atoms with van der Waals surface area (Å²) in [6.07, 6.45) is -0.326. The molecule has 0 unspecified atom stereocenters. The van der Waals surface area contributed by atoms with Crippen molar-refractivity contribution in [2.45, 2.75) is 26.5 Å². The highest BCUT2D eigenvalue weighted by molar-refractivity contribution is 5.75. The van der Waals surface area contributed by atoms with Crippen LogP contribution < -0.4 is 5.32 Å². The van der Waals surface area contributed by atoms with Gasteiger partial charge < -0.3 is 19.9 Å². The summed E-state index contributed by atoms with van der Waals surface area (Å²) in [5.41, 5.74) is 0.964. The number of nitrogens with zero attached hydrogens (tertiary/aromatic N) is 2. The van der Waals surface area contributed by atoms with Crippen LogP contribution in [-0.4, -0.2) is 54.1 Å². The number of carbonyl (C=O) groups excluding carboxylic acids is 2. The minimum absolute atomic E-state index is 0.0766. The van der Waals surface area contributed by atoms with Crippen molar-refractivity contribution < 1.29 is 14.3 Å². The molecular formula is C16H23N3O3. The molecule has 1 fully saturated rings. The van der Waals surface area contributed by atoms with Crippen molar-refractivity contribution >= 4 is 12.1 Å². The molecule has 0 spiro atoms. The number of rotatable bonds is 3. The minimum atomic E-state index is -0.326. The van der Waals surface area contributed by atoms with E-state index in [1.807, 2.05) is 44.2 Å². The topological polar surface area (TPSA) is 61.9 Å². The Morgan fingerprint density at radius 1 is 1.09 bits per heavy atom. The summed E-state index contributed by atoms with van der Waals surface area (Å²) in [6.45, 7) is 6.17. The van der Waals surface area contributed by atoms with Crippen molar-refractivity contribution in [2.24, 2.45) is 0 Å². The van der Waals surface area contributed by atoms with E-state index in [0.717, 1.165) is 5.56 Å². The molecule has 0 aromatic heterocycles. The Hall–Kier alpha value is -2.24. The van der Waals surface area contributed by atoms with Gasteiger partial charge in [-0.25, -0.2) is 9.59 Å². The van der Waals surface area contributed by atoms with Gasteiger partial charge in [0.15, 0.2) is 0 Å². The van der Waals surface area contributed by atoms with Crippen LogP contribution in [0.2, 0.25) is 0 Å². The van der Waals surface area contributed by atoms with E-state index in [0.29, 0.717) is 26.2 Å². The summed E-state index contributed by atoms with van der Waals surface area (Å²) in [4.78, 5) is 27.3. The molecule has 3 amide bonds. The predicted octanol–water partition coefficient (Wildman–Crippen LogP) is 2.06. The quantitative estimate of drug-likeness (QED) is 0.930. The standard InChI is InChI=1S/C16H23N3O3/c1-13(2)17-15(20)18-8-10-19(11-9-18)16(21)22-12-14-6-4-3-5-7-14/h3-7,13H,8-12H2,1-2H3,(H,17,20). The van der Waals surface area contributed by atoms with Crippen molar-refractivity contribution in [1.29, 1.82) is 0 Å². The maximum Gasteiger partial charge on any atom is 0.410 e. The SMILES string of the molecule is CC(C)NC(=O)N1CCN(C(=O)OCc2ccccc2)CC1. The molecule has 0 aliphatic carbocycles. The van der Waals surface area contributed by atoms with E-state index in [2.05, 4.69) is 5.32 Å². The highest BCUT2D eigenvalue weighted by Crippen LogP contribution is 2.07. The van der Waals surface area contributed by atoms with E-state index < -0.39 is 0 Å². The highest BCUT2D eigenvalue weighted by atomic mass is 16.6. The molecule has 1 aromatic carbocycles. The zero-order valence-electron chi connectivity index (χ0n) is 13.1. The molecule has 6 heteroatoms. The van der Waals surface area contributed by atoms with Gasteiger partial charge in [-0.2, -0.15) is 0 Å². The second kappa shape index (κ2) is 7.68. The number of nitrogens with one attached hydrogen (secondary N) is 1. The van der Waals surface area contributed by atoms with E-state index in [9.17, 15) is 9.59 Å². The Kier molecular flexibility index (Phi) is 5.63. The van der Waals surface area contributed by atoms with Gasteiger partial charge in [0, 0.05) is 32.2 Å². The molecule has 6 nitrogen and oxygen atoms in total. The van der Waals surface area contributed by atoms with Gasteiger partial charge in [-0.1, -0.05) is 30.3 Å². The lowest BCUT2D eigenvalue weighted by molar-refractivity contribution is 0.0766. The minimum Gasteiger partial charge on any atom is -0.445 e. The van der Waals surface area contributed by atoms with Crippen molar-refractivity contribution in [1.82, 2.24) is 15.1 Å². The molecule has 1 N–H and O–H groups in total. The Bertz CT molecular complexity index is 497. The number of ether oxygens (including phenoxy) is 1. The first-order valence-corrected chi connectivity index (χ1v) is 7.57. The molecule has 0 bridgehead atoms. The van der Waals surface area contributed by atoms with Crippen molar-refractivity contribution in [2.75, 3.05) is 26.2 Å². The Morgan fingerprint density at radius 2 is 1.68 bits per heavy atom. The number of carbonyl (C=O) groups is 2. The molecule has 1 heterocycles. The van der Waals surface area contributed by atoms with E-state index in [4.69, 9.17) is 4.74 Å². The third-order valence-electron chi connectivity index (χ3n) is 3.44. The van der Waals surface area contributed by atoms with Crippen molar-refractivity contribution in [3.05, 3.63) is 35.9 Å². The van der Waals surface area contributed by atoms with Crippen LogP contribution in [0.4, 0.5) is 9.59 Å². The lowest BCUT2D eigenvalue weighted by Crippen LogP contribution is -2.54. The van der Waals surface area contributed by atoms with E-state index in [1.165, 1.54) is 0 Å². The average Bonchev–Trinajstić information content (AvgIpc) is 2.53. The zero-order valence-corrected chi connectivity index (χ0v) is 13.1. The van der Waals surface area contributed by atoms with Gasteiger partial charge in [0.2, 0.25) is 0 Å². The molecule has 22 heavy (non-hydrogen) atoms. The Balaban J connectivity index is 1.74. The highest BCUT2D eigenvalue weighted by Gasteiger charge is 2.25. The summed E-state index contributed by atoms with van der Waals surface area (Å²) >= 11 is 0. The van der Waals surface area contributed by atoms with Crippen LogP contribution >= 0.6 is 0 Å². The first-order valence-electron chi connectivity index (χ1n) is 7.57. The smallest absolute Gasteiger partial charge is 0.410 e. The summed E-state index contributed by atoms with van der Waals surface area (Å²) in [5.74, 6) is 0. The largest absolute Gasteiger partial charge is 0.445 e. The van der Waals surface area contributed by atoms with Crippen LogP contribution in [-0.2, 0) is 11.3 Å². The van der Waals surface area contributed by atoms with Crippen LogP contribution in [0.25, 0.3) is 0 Å². The van der Waals surface area contributed by atoms with Gasteiger partial charge in [-0.3, -0.25) is 0 Å². The third kappa shape index (κ3) is 4.65. The summed E-state index contributed by atoms with van der Waals surface area (Å²) < 4.78 is 5.30. The molecule has 1 aromatic rings. The van der Waals surface area contributed by atoms with Gasteiger partial charge in [0.05, 0.1) is 0 Å². The van der Waals surface area contributed by atoms with Crippen LogP contribution in [0.3, 0.4) is 0 Å². The maximum absolute atomic E-state index is 12.0. The lowest BCUT2D eigenvalue weighted by atomic mass is 10.2. The Morgan fingerprint density at radius 3 is 2.27 bits per heavy atom. The summed E-state index contributed by atoms with van der Waals surface area (Å²) in [6, 6.07) is 9.62. The molecule has 0 saturated carbocycles. The average molecular weight is 305 g/mol. The molecule has 2 rings (SSSR count). The van der Waals surface area contributed by atoms with Gasteiger partial charge in [-0.05, 0) is 19.4 Å². The molecule has 1 aliphatic heterocycles. The van der Waals surface area contributed by atoms with E-state index >= 15 is 0 Å². The number of piperazine rings is 1. The predicted molar refractivity (Wildman–Crippen MR) is 83.4 cm³/mol. The maximum atomic E-state index is 12.0. The fourth-order valence-electron chi connectivity index (χ4n) is 2.24. The van der Waals surface area contributed by atoms with Crippen LogP contribution in [0.15, 0.2) is 30.3 Å². The second-order valence-corrected chi connectivity index (χ2v) is 5.62. The van der Waals surface area contributed by atoms with Crippen molar-refractivity contribution in [3.8, 4) is 0 Å². The summed E-state index contributed by atoms with van der Waals surface area (Å²) in [7, 11) is 0. The lowest BCUT2D eigenvalue weighted by Gasteiger charge is -2.34. The van der Waals surface area contributed by atoms with Crippen LogP contribution in [0.1, 0.15) is 19.4 Å². The van der Waals surface area contributed by atoms with Crippen LogP contribution in [0.5, 0.6) is 0 Å². The third-order valence-corrected chi connectivity index (χ3v) is 3.44. The second-order valence-electron chi connectivity index (χ2n) is 5.62. The van der Waals surface area contributed by atoms with Crippen LogP contribution in [0, 0.1) is 0 Å². The van der Waals surface area contributed by atoms with Gasteiger partial charge in [-0.15, -0.1) is 0 Å². The first kappa shape index (κ1) is 16.1. The normalized spacial score (nSPS) is 14.9. The monoisotopic (exact) mass is 305 g/mol. The van der Waals surface area contributed by atoms with Crippen molar-refractivity contribution in [3.63, 3.8) is 0 Å². The molecule has 1 saturated heterocycles. The number of urea groups is 1. The zero-order chi connectivity index (χ0) is 15.9. The number of benzene rings is 1. The van der Waals surface area contributed by atoms with E-state index in [-0.39, 0.29) is 24.8 Å². The molecule has 1 aliphatic rings. The molecule has 0 atom stereocenters. The fraction of sp³-hybridized carbons (Fsp3) is 0.500. The molecule has 0 radical (unpaired) electrons. The van der Waals surface area contributed by atoms with Gasteiger partial charge >= 0.3 is 12.1 Å². The molecular weight excluding hydrogens is 282 g/mol. The summed E-state index contributed by atoms with van der Waals surface area (Å²) in [5, 5.41) is 2.86. The fourth-order valence-corrected chi connectivity index (χ4v) is 2.24. The number of hydrogen-bond donors (Lipinski definition) is 1. The van der Waals surface area contributed by atoms with Gasteiger partial charge in [0.1, 0.15) is 6.61 Å². The number of hydrogen-bond acceptors (Lipinski definition) is 3. The number of amides is 3. The van der Waals surface area contributed by atoms with E-state index in [1.54, 1.807) is 9.80 Å². The Labute approximate surface area is 131 Å². The van der Waals surface area contributed by atoms with Gasteiger partial charge in [0.25, 0.3) is 0 Å². The first-order chi connectivity index (χ1) is 10.6.